The highest BCUT2D eigenvalue weighted by molar-refractivity contribution is 7.09. The molecular formula is C16H11ClN4OS. The van der Waals surface area contributed by atoms with Crippen LogP contribution in [0.1, 0.15) is 5.01 Å². The Morgan fingerprint density at radius 1 is 1.13 bits per heavy atom. The molecule has 4 rings (SSSR count). The zero-order chi connectivity index (χ0) is 15.8. The first kappa shape index (κ1) is 14.2. The van der Waals surface area contributed by atoms with Crippen LogP contribution in [-0.2, 0) is 6.54 Å². The lowest BCUT2D eigenvalue weighted by molar-refractivity contribution is 0.656. The van der Waals surface area contributed by atoms with Crippen LogP contribution in [0.5, 0.6) is 0 Å². The van der Waals surface area contributed by atoms with Gasteiger partial charge in [-0.25, -0.2) is 14.5 Å². The summed E-state index contributed by atoms with van der Waals surface area (Å²) < 4.78 is 2.95. The molecule has 0 saturated heterocycles. The number of pyridine rings is 1. The highest BCUT2D eigenvalue weighted by Gasteiger charge is 2.10. The van der Waals surface area contributed by atoms with Crippen molar-refractivity contribution in [2.24, 2.45) is 0 Å². The molecule has 114 valence electrons. The van der Waals surface area contributed by atoms with Gasteiger partial charge in [-0.1, -0.05) is 29.8 Å². The van der Waals surface area contributed by atoms with E-state index >= 15 is 0 Å². The van der Waals surface area contributed by atoms with Gasteiger partial charge in [-0.3, -0.25) is 4.40 Å². The predicted octanol–water partition coefficient (Wildman–Crippen LogP) is 3.32. The van der Waals surface area contributed by atoms with Crippen molar-refractivity contribution in [1.82, 2.24) is 19.2 Å². The third-order valence-corrected chi connectivity index (χ3v) is 4.55. The largest absolute Gasteiger partial charge is 0.350 e. The predicted molar refractivity (Wildman–Crippen MR) is 91.1 cm³/mol. The van der Waals surface area contributed by atoms with E-state index in [0.717, 1.165) is 16.3 Å². The second-order valence-corrected chi connectivity index (χ2v) is 6.38. The molecule has 0 saturated carbocycles. The van der Waals surface area contributed by atoms with Crippen LogP contribution in [0.3, 0.4) is 0 Å². The van der Waals surface area contributed by atoms with Crippen molar-refractivity contribution in [3.05, 3.63) is 74.6 Å². The monoisotopic (exact) mass is 342 g/mol. The van der Waals surface area contributed by atoms with E-state index in [1.54, 1.807) is 12.3 Å². The third-order valence-electron chi connectivity index (χ3n) is 3.47. The van der Waals surface area contributed by atoms with E-state index in [0.29, 0.717) is 17.2 Å². The van der Waals surface area contributed by atoms with Crippen molar-refractivity contribution < 1.29 is 0 Å². The first-order chi connectivity index (χ1) is 11.2. The van der Waals surface area contributed by atoms with Gasteiger partial charge in [-0.2, -0.15) is 0 Å². The number of hydrogen-bond acceptors (Lipinski definition) is 4. The average molecular weight is 343 g/mol. The topological polar surface area (TPSA) is 52.2 Å². The number of benzene rings is 1. The van der Waals surface area contributed by atoms with Crippen LogP contribution >= 0.6 is 22.9 Å². The number of halogens is 1. The molecule has 3 aromatic heterocycles. The van der Waals surface area contributed by atoms with Gasteiger partial charge in [0.25, 0.3) is 0 Å². The smallest absolute Gasteiger partial charge is 0.250 e. The van der Waals surface area contributed by atoms with Crippen molar-refractivity contribution in [2.75, 3.05) is 0 Å². The summed E-state index contributed by atoms with van der Waals surface area (Å²) in [5, 5.41) is 7.82. The molecule has 1 aromatic carbocycles. The van der Waals surface area contributed by atoms with E-state index in [1.807, 2.05) is 41.8 Å². The molecule has 0 radical (unpaired) electrons. The molecule has 0 fully saturated rings. The number of rotatable bonds is 3. The molecule has 0 unspecified atom stereocenters. The zero-order valence-electron chi connectivity index (χ0n) is 11.9. The molecule has 5 nitrogen and oxygen atoms in total. The molecule has 0 N–H and O–H groups in total. The van der Waals surface area contributed by atoms with Crippen LogP contribution in [0, 0.1) is 0 Å². The minimum atomic E-state index is -0.163. The Morgan fingerprint density at radius 3 is 2.74 bits per heavy atom. The summed E-state index contributed by atoms with van der Waals surface area (Å²) in [5.41, 5.74) is 2.34. The highest BCUT2D eigenvalue weighted by atomic mass is 35.5. The molecule has 4 aromatic rings. The van der Waals surface area contributed by atoms with Gasteiger partial charge in [0.2, 0.25) is 0 Å². The Labute approximate surface area is 140 Å². The molecule has 7 heteroatoms. The zero-order valence-corrected chi connectivity index (χ0v) is 13.5. The average Bonchev–Trinajstić information content (AvgIpc) is 3.15. The van der Waals surface area contributed by atoms with E-state index in [4.69, 9.17) is 11.6 Å². The summed E-state index contributed by atoms with van der Waals surface area (Å²) in [4.78, 5) is 16.9. The Morgan fingerprint density at radius 2 is 1.96 bits per heavy atom. The quantitative estimate of drug-likeness (QED) is 0.574. The lowest BCUT2D eigenvalue weighted by Crippen LogP contribution is -2.21. The van der Waals surface area contributed by atoms with Gasteiger partial charge >= 0.3 is 5.69 Å². The van der Waals surface area contributed by atoms with Crippen molar-refractivity contribution in [2.45, 2.75) is 6.54 Å². The number of aromatic nitrogens is 4. The first-order valence-corrected chi connectivity index (χ1v) is 8.21. The van der Waals surface area contributed by atoms with Crippen LogP contribution in [0.2, 0.25) is 5.02 Å². The Balaban J connectivity index is 1.65. The van der Waals surface area contributed by atoms with Gasteiger partial charge in [-0.05, 0) is 24.3 Å². The van der Waals surface area contributed by atoms with Crippen molar-refractivity contribution >= 4 is 28.6 Å². The lowest BCUT2D eigenvalue weighted by atomic mass is 10.2. The summed E-state index contributed by atoms with van der Waals surface area (Å²) in [6, 6.07) is 13.0. The molecule has 0 bridgehead atoms. The normalized spacial score (nSPS) is 11.2. The van der Waals surface area contributed by atoms with Crippen molar-refractivity contribution in [3.63, 3.8) is 0 Å². The maximum absolute atomic E-state index is 12.3. The second-order valence-electron chi connectivity index (χ2n) is 5.00. The summed E-state index contributed by atoms with van der Waals surface area (Å²) in [6.07, 6.45) is 1.71. The van der Waals surface area contributed by atoms with Gasteiger partial charge in [0, 0.05) is 22.2 Å². The number of fused-ring (bicyclic) bond motifs is 1. The van der Waals surface area contributed by atoms with Crippen molar-refractivity contribution in [1.29, 1.82) is 0 Å². The van der Waals surface area contributed by atoms with Crippen LogP contribution in [0.25, 0.3) is 16.9 Å². The molecule has 23 heavy (non-hydrogen) atoms. The summed E-state index contributed by atoms with van der Waals surface area (Å²) in [6.45, 7) is 0.360. The van der Waals surface area contributed by atoms with E-state index in [9.17, 15) is 4.79 Å². The Kier molecular flexibility index (Phi) is 3.48. The van der Waals surface area contributed by atoms with Crippen LogP contribution in [0.15, 0.2) is 58.8 Å². The summed E-state index contributed by atoms with van der Waals surface area (Å²) in [5.74, 6) is 0. The lowest BCUT2D eigenvalue weighted by Gasteiger charge is -1.97. The molecule has 0 aliphatic heterocycles. The Bertz CT molecular complexity index is 1030. The van der Waals surface area contributed by atoms with E-state index in [-0.39, 0.29) is 5.69 Å². The first-order valence-electron chi connectivity index (χ1n) is 6.95. The fourth-order valence-corrected chi connectivity index (χ4v) is 3.25. The number of hydrogen-bond donors (Lipinski definition) is 0. The van der Waals surface area contributed by atoms with E-state index in [1.165, 1.54) is 20.4 Å². The minimum Gasteiger partial charge on any atom is -0.250 e. The van der Waals surface area contributed by atoms with Gasteiger partial charge in [0.1, 0.15) is 5.01 Å². The fraction of sp³-hybridized carbons (Fsp3) is 0.0625. The molecule has 0 amide bonds. The van der Waals surface area contributed by atoms with Crippen LogP contribution in [-0.4, -0.2) is 19.2 Å². The summed E-state index contributed by atoms with van der Waals surface area (Å²) >= 11 is 7.41. The molecule has 3 heterocycles. The second kappa shape index (κ2) is 5.64. The van der Waals surface area contributed by atoms with Crippen LogP contribution in [0.4, 0.5) is 0 Å². The minimum absolute atomic E-state index is 0.163. The maximum atomic E-state index is 12.3. The molecule has 0 aliphatic rings. The van der Waals surface area contributed by atoms with Crippen molar-refractivity contribution in [3.8, 4) is 11.3 Å². The van der Waals surface area contributed by atoms with E-state index < -0.39 is 0 Å². The number of nitrogens with zero attached hydrogens (tertiary/aromatic N) is 4. The van der Waals surface area contributed by atoms with Crippen LogP contribution < -0.4 is 5.69 Å². The molecule has 0 aliphatic carbocycles. The van der Waals surface area contributed by atoms with E-state index in [2.05, 4.69) is 10.1 Å². The van der Waals surface area contributed by atoms with Gasteiger partial charge < -0.3 is 0 Å². The SMILES string of the molecule is O=c1n(Cc2nc(-c3ccc(Cl)cc3)cs2)nc2ccccn12. The third kappa shape index (κ3) is 2.67. The molecular weight excluding hydrogens is 332 g/mol. The Hall–Kier alpha value is -2.44. The standard InChI is InChI=1S/C16H11ClN4OS/c17-12-6-4-11(5-7-12)13-10-23-15(18-13)9-21-16(22)20-8-2-1-3-14(20)19-21/h1-8,10H,9H2. The molecule has 0 spiro atoms. The number of thiazole rings is 1. The summed E-state index contributed by atoms with van der Waals surface area (Å²) in [7, 11) is 0. The van der Waals surface area contributed by atoms with Gasteiger partial charge in [0.15, 0.2) is 5.65 Å². The fourth-order valence-electron chi connectivity index (χ4n) is 2.34. The van der Waals surface area contributed by atoms with Gasteiger partial charge in [-0.15, -0.1) is 16.4 Å². The van der Waals surface area contributed by atoms with Gasteiger partial charge in [0.05, 0.1) is 12.2 Å². The highest BCUT2D eigenvalue weighted by Crippen LogP contribution is 2.23. The molecule has 0 atom stereocenters. The maximum Gasteiger partial charge on any atom is 0.350 e.